The maximum Gasteiger partial charge on any atom is 0.227 e. The van der Waals surface area contributed by atoms with Crippen molar-refractivity contribution < 1.29 is 4.42 Å². The van der Waals surface area contributed by atoms with Crippen molar-refractivity contribution in [3.8, 4) is 44.8 Å². The summed E-state index contributed by atoms with van der Waals surface area (Å²) in [6.07, 6.45) is 1.90. The van der Waals surface area contributed by atoms with Crippen molar-refractivity contribution in [3.05, 3.63) is 188 Å². The van der Waals surface area contributed by atoms with Gasteiger partial charge in [0.05, 0.1) is 5.69 Å². The van der Waals surface area contributed by atoms with Crippen molar-refractivity contribution in [2.45, 2.75) is 6.92 Å². The zero-order valence-electron chi connectivity index (χ0n) is 27.3. The van der Waals surface area contributed by atoms with Crippen molar-refractivity contribution in [1.82, 2.24) is 4.98 Å². The maximum atomic E-state index is 6.57. The number of aromatic nitrogens is 1. The number of nitrogens with zero attached hydrogens (tertiary/aromatic N) is 2. The first kappa shape index (κ1) is 29.9. The second kappa shape index (κ2) is 13.0. The average molecular weight is 631 g/mol. The second-order valence-corrected chi connectivity index (χ2v) is 12.1. The maximum absolute atomic E-state index is 6.57. The molecular weight excluding hydrogens is 597 g/mol. The van der Waals surface area contributed by atoms with Gasteiger partial charge < -0.3 is 9.32 Å². The van der Waals surface area contributed by atoms with Crippen LogP contribution in [0.2, 0.25) is 0 Å². The molecule has 0 N–H and O–H groups in total. The first-order chi connectivity index (χ1) is 24.2. The predicted molar refractivity (Wildman–Crippen MR) is 205 cm³/mol. The summed E-state index contributed by atoms with van der Waals surface area (Å²) in [6.45, 7) is 6.33. The summed E-state index contributed by atoms with van der Waals surface area (Å²) in [5.74, 6) is 0.601. The molecule has 3 heteroatoms. The molecule has 0 saturated carbocycles. The summed E-state index contributed by atoms with van der Waals surface area (Å²) in [4.78, 5) is 7.24. The highest BCUT2D eigenvalue weighted by atomic mass is 16.3. The highest BCUT2D eigenvalue weighted by Gasteiger charge is 2.21. The molecule has 0 aliphatic carbocycles. The lowest BCUT2D eigenvalue weighted by atomic mass is 9.93. The molecule has 0 aliphatic rings. The van der Waals surface area contributed by atoms with E-state index in [1.807, 2.05) is 42.5 Å². The molecule has 49 heavy (non-hydrogen) atoms. The Morgan fingerprint density at radius 3 is 1.84 bits per heavy atom. The highest BCUT2D eigenvalue weighted by Crippen LogP contribution is 2.44. The normalized spacial score (nSPS) is 11.0. The van der Waals surface area contributed by atoms with E-state index in [0.29, 0.717) is 5.89 Å². The Hall–Kier alpha value is -6.45. The minimum Gasteiger partial charge on any atom is -0.435 e. The minimum absolute atomic E-state index is 0.601. The molecule has 0 spiro atoms. The number of benzene rings is 7. The van der Waals surface area contributed by atoms with E-state index in [9.17, 15) is 0 Å². The lowest BCUT2D eigenvalue weighted by molar-refractivity contribution is 0.620. The number of oxazole rings is 1. The van der Waals surface area contributed by atoms with Crippen LogP contribution in [-0.4, -0.2) is 4.98 Å². The summed E-state index contributed by atoms with van der Waals surface area (Å²) in [6, 6.07) is 59.3. The Morgan fingerprint density at radius 2 is 1.14 bits per heavy atom. The monoisotopic (exact) mass is 630 g/mol. The van der Waals surface area contributed by atoms with Gasteiger partial charge in [-0.3, -0.25) is 0 Å². The Balaban J connectivity index is 1.33. The number of aryl methyl sites for hydroxylation is 1. The molecule has 1 aromatic heterocycles. The molecule has 7 aromatic carbocycles. The molecule has 0 atom stereocenters. The third-order valence-corrected chi connectivity index (χ3v) is 9.04. The SMILES string of the molecule is C=Cc1ccc2nc(-c3ccccc3)oc2c1-c1cc(N(c2ccc(-c3ccccc3)cc2)c2ccccc2-c2ccccc2)ccc1C. The molecule has 1 heterocycles. The van der Waals surface area contributed by atoms with Crippen LogP contribution in [0.4, 0.5) is 17.1 Å². The summed E-state index contributed by atoms with van der Waals surface area (Å²) < 4.78 is 6.57. The van der Waals surface area contributed by atoms with Gasteiger partial charge in [0.15, 0.2) is 5.58 Å². The van der Waals surface area contributed by atoms with E-state index in [-0.39, 0.29) is 0 Å². The molecule has 0 unspecified atom stereocenters. The van der Waals surface area contributed by atoms with Crippen LogP contribution in [-0.2, 0) is 0 Å². The molecule has 8 aromatic rings. The second-order valence-electron chi connectivity index (χ2n) is 12.1. The van der Waals surface area contributed by atoms with E-state index in [1.54, 1.807) is 0 Å². The van der Waals surface area contributed by atoms with Gasteiger partial charge >= 0.3 is 0 Å². The Kier molecular flexibility index (Phi) is 7.93. The Labute approximate surface area is 287 Å². The summed E-state index contributed by atoms with van der Waals surface area (Å²) in [5, 5.41) is 0. The molecule has 0 bridgehead atoms. The van der Waals surface area contributed by atoms with Gasteiger partial charge in [0.1, 0.15) is 5.52 Å². The molecule has 8 rings (SSSR count). The number of anilines is 3. The summed E-state index contributed by atoms with van der Waals surface area (Å²) in [7, 11) is 0. The van der Waals surface area contributed by atoms with Gasteiger partial charge in [0.2, 0.25) is 5.89 Å². The van der Waals surface area contributed by atoms with Gasteiger partial charge in [-0.2, -0.15) is 0 Å². The van der Waals surface area contributed by atoms with Crippen LogP contribution < -0.4 is 4.90 Å². The Morgan fingerprint density at radius 1 is 0.551 bits per heavy atom. The van der Waals surface area contributed by atoms with Crippen molar-refractivity contribution in [2.75, 3.05) is 4.90 Å². The summed E-state index contributed by atoms with van der Waals surface area (Å²) in [5.41, 5.74) is 14.5. The molecule has 0 fully saturated rings. The van der Waals surface area contributed by atoms with Crippen LogP contribution in [0.15, 0.2) is 181 Å². The molecule has 0 amide bonds. The van der Waals surface area contributed by atoms with Crippen molar-refractivity contribution >= 4 is 34.2 Å². The lowest BCUT2D eigenvalue weighted by Gasteiger charge is -2.29. The van der Waals surface area contributed by atoms with E-state index in [1.165, 1.54) is 11.1 Å². The number of hydrogen-bond donors (Lipinski definition) is 0. The molecule has 0 aliphatic heterocycles. The smallest absolute Gasteiger partial charge is 0.227 e. The fourth-order valence-electron chi connectivity index (χ4n) is 6.57. The first-order valence-electron chi connectivity index (χ1n) is 16.5. The fraction of sp³-hybridized carbons (Fsp3) is 0.0217. The van der Waals surface area contributed by atoms with Crippen LogP contribution in [0.3, 0.4) is 0 Å². The van der Waals surface area contributed by atoms with Gasteiger partial charge in [-0.25, -0.2) is 4.98 Å². The van der Waals surface area contributed by atoms with Crippen molar-refractivity contribution in [1.29, 1.82) is 0 Å². The third-order valence-electron chi connectivity index (χ3n) is 9.04. The number of hydrogen-bond acceptors (Lipinski definition) is 3. The van der Waals surface area contributed by atoms with E-state index in [4.69, 9.17) is 9.40 Å². The molecule has 234 valence electrons. The van der Waals surface area contributed by atoms with Crippen LogP contribution in [0.1, 0.15) is 11.1 Å². The van der Waals surface area contributed by atoms with E-state index < -0.39 is 0 Å². The fourth-order valence-corrected chi connectivity index (χ4v) is 6.57. The van der Waals surface area contributed by atoms with Crippen LogP contribution in [0.25, 0.3) is 62.0 Å². The quantitative estimate of drug-likeness (QED) is 0.167. The van der Waals surface area contributed by atoms with Crippen molar-refractivity contribution in [2.24, 2.45) is 0 Å². The predicted octanol–water partition coefficient (Wildman–Crippen LogP) is 12.9. The molecule has 3 nitrogen and oxygen atoms in total. The van der Waals surface area contributed by atoms with Gasteiger partial charge in [0, 0.05) is 28.1 Å². The standard InChI is InChI=1S/C46H34N2O/c1-3-33-26-30-42-45(49-46(47-42)37-19-11-6-12-20-37)44(33)41-31-39(27-23-32(41)2)48(38-28-24-35(25-29-38)34-15-7-4-8-16-34)43-22-14-13-21-40(43)36-17-9-5-10-18-36/h3-31H,1H2,2H3. The lowest BCUT2D eigenvalue weighted by Crippen LogP contribution is -2.11. The third kappa shape index (κ3) is 5.72. The van der Waals surface area contributed by atoms with Crippen LogP contribution >= 0.6 is 0 Å². The minimum atomic E-state index is 0.601. The van der Waals surface area contributed by atoms with Crippen LogP contribution in [0, 0.1) is 6.92 Å². The molecular formula is C46H34N2O. The van der Waals surface area contributed by atoms with Gasteiger partial charge in [-0.15, -0.1) is 0 Å². The van der Waals surface area contributed by atoms with Gasteiger partial charge in [-0.1, -0.05) is 134 Å². The molecule has 0 radical (unpaired) electrons. The number of para-hydroxylation sites is 1. The number of fused-ring (bicyclic) bond motifs is 1. The topological polar surface area (TPSA) is 29.3 Å². The summed E-state index contributed by atoms with van der Waals surface area (Å²) >= 11 is 0. The van der Waals surface area contributed by atoms with E-state index in [0.717, 1.165) is 67.1 Å². The van der Waals surface area contributed by atoms with Crippen LogP contribution in [0.5, 0.6) is 0 Å². The van der Waals surface area contributed by atoms with Crippen molar-refractivity contribution in [3.63, 3.8) is 0 Å². The van der Waals surface area contributed by atoms with Gasteiger partial charge in [0.25, 0.3) is 0 Å². The van der Waals surface area contributed by atoms with Gasteiger partial charge in [-0.05, 0) is 88.8 Å². The Bertz CT molecular complexity index is 2390. The molecule has 0 saturated heterocycles. The largest absolute Gasteiger partial charge is 0.435 e. The average Bonchev–Trinajstić information content (AvgIpc) is 3.62. The number of rotatable bonds is 8. The zero-order valence-corrected chi connectivity index (χ0v) is 27.3. The van der Waals surface area contributed by atoms with E-state index in [2.05, 4.69) is 152 Å². The zero-order chi connectivity index (χ0) is 33.2. The highest BCUT2D eigenvalue weighted by molar-refractivity contribution is 5.99. The first-order valence-corrected chi connectivity index (χ1v) is 16.5. The van der Waals surface area contributed by atoms with E-state index >= 15 is 0 Å².